The maximum Gasteiger partial charge on any atom is 0.332 e. The van der Waals surface area contributed by atoms with Crippen LogP contribution in [-0.2, 0) is 20.6 Å². The number of rotatable bonds is 4. The second kappa shape index (κ2) is 8.28. The molecule has 1 aromatic carbocycles. The number of aryl methyl sites for hydroxylation is 1. The summed E-state index contributed by atoms with van der Waals surface area (Å²) in [5.41, 5.74) is 7.20. The molecule has 0 aliphatic heterocycles. The molecule has 0 radical (unpaired) electrons. The van der Waals surface area contributed by atoms with Crippen LogP contribution < -0.4 is 22.3 Å². The van der Waals surface area contributed by atoms with Crippen molar-refractivity contribution in [2.24, 2.45) is 19.8 Å². The summed E-state index contributed by atoms with van der Waals surface area (Å²) in [5, 5.41) is 4.09. The van der Waals surface area contributed by atoms with Crippen LogP contribution in [0.15, 0.2) is 33.9 Å². The van der Waals surface area contributed by atoms with Crippen LogP contribution in [0.4, 0.5) is 5.95 Å². The molecular formula is C21H27ClN6O2. The summed E-state index contributed by atoms with van der Waals surface area (Å²) in [6.45, 7) is 0.355. The normalized spacial score (nSPS) is 19.7. The van der Waals surface area contributed by atoms with Crippen molar-refractivity contribution >= 4 is 28.7 Å². The van der Waals surface area contributed by atoms with Crippen molar-refractivity contribution < 1.29 is 0 Å². The first-order valence-corrected chi connectivity index (χ1v) is 10.7. The Kier molecular flexibility index (Phi) is 5.71. The highest BCUT2D eigenvalue weighted by Gasteiger charge is 2.25. The van der Waals surface area contributed by atoms with E-state index >= 15 is 0 Å². The van der Waals surface area contributed by atoms with Crippen molar-refractivity contribution in [3.63, 3.8) is 0 Å². The Morgan fingerprint density at radius 3 is 2.63 bits per heavy atom. The summed E-state index contributed by atoms with van der Waals surface area (Å²) < 4.78 is 4.32. The van der Waals surface area contributed by atoms with Crippen LogP contribution in [0.1, 0.15) is 37.7 Å². The number of hydrogen-bond acceptors (Lipinski definition) is 5. The number of hydrogen-bond donors (Lipinski definition) is 2. The molecule has 30 heavy (non-hydrogen) atoms. The SMILES string of the molecule is Cn1c(=O)c2c(nc(N[C@@H]3CCCCC[C@@H]3N)n2Cc2ccccc2Cl)n(C)c1=O. The summed E-state index contributed by atoms with van der Waals surface area (Å²) in [4.78, 5) is 30.1. The van der Waals surface area contributed by atoms with Crippen LogP contribution in [0.25, 0.3) is 11.2 Å². The molecule has 9 heteroatoms. The van der Waals surface area contributed by atoms with Crippen LogP contribution in [0.3, 0.4) is 0 Å². The molecule has 3 N–H and O–H groups in total. The van der Waals surface area contributed by atoms with Gasteiger partial charge in [0.1, 0.15) is 0 Å². The standard InChI is InChI=1S/C21H27ClN6O2/c1-26-18-17(19(29)27(2)21(26)30)28(12-13-8-6-7-9-14(13)22)20(25-18)24-16-11-5-3-4-10-15(16)23/h6-9,15-16H,3-5,10-12,23H2,1-2H3,(H,24,25)/t15-,16+/m0/s1. The third-order valence-corrected chi connectivity index (χ3v) is 6.39. The monoisotopic (exact) mass is 430 g/mol. The maximum absolute atomic E-state index is 13.0. The van der Waals surface area contributed by atoms with Gasteiger partial charge in [-0.1, -0.05) is 49.1 Å². The van der Waals surface area contributed by atoms with E-state index in [1.807, 2.05) is 28.8 Å². The summed E-state index contributed by atoms with van der Waals surface area (Å²) in [6, 6.07) is 7.56. The first kappa shape index (κ1) is 20.7. The van der Waals surface area contributed by atoms with Gasteiger partial charge in [-0.25, -0.2) is 4.79 Å². The van der Waals surface area contributed by atoms with E-state index in [0.29, 0.717) is 28.7 Å². The fourth-order valence-corrected chi connectivity index (χ4v) is 4.38. The summed E-state index contributed by atoms with van der Waals surface area (Å²) in [5.74, 6) is 0.533. The third-order valence-electron chi connectivity index (χ3n) is 6.02. The number of fused-ring (bicyclic) bond motifs is 1. The molecule has 2 heterocycles. The minimum atomic E-state index is -0.410. The Morgan fingerprint density at radius 2 is 1.87 bits per heavy atom. The first-order valence-electron chi connectivity index (χ1n) is 10.3. The van der Waals surface area contributed by atoms with Gasteiger partial charge in [-0.3, -0.25) is 18.5 Å². The molecule has 3 aromatic rings. The smallest absolute Gasteiger partial charge is 0.332 e. The molecule has 8 nitrogen and oxygen atoms in total. The Morgan fingerprint density at radius 1 is 1.13 bits per heavy atom. The average molecular weight is 431 g/mol. The fourth-order valence-electron chi connectivity index (χ4n) is 4.19. The number of imidazole rings is 1. The Bertz CT molecular complexity index is 1190. The van der Waals surface area contributed by atoms with E-state index in [0.717, 1.165) is 42.2 Å². The zero-order chi connectivity index (χ0) is 21.4. The summed E-state index contributed by atoms with van der Waals surface area (Å²) in [7, 11) is 3.10. The van der Waals surface area contributed by atoms with Crippen LogP contribution in [-0.4, -0.2) is 30.8 Å². The van der Waals surface area contributed by atoms with E-state index in [1.54, 1.807) is 7.05 Å². The molecule has 1 aliphatic rings. The van der Waals surface area contributed by atoms with Gasteiger partial charge in [0, 0.05) is 31.2 Å². The van der Waals surface area contributed by atoms with Crippen molar-refractivity contribution in [3.8, 4) is 0 Å². The molecule has 0 amide bonds. The van der Waals surface area contributed by atoms with Crippen molar-refractivity contribution in [1.82, 2.24) is 18.7 Å². The highest BCUT2D eigenvalue weighted by Crippen LogP contribution is 2.25. The van der Waals surface area contributed by atoms with E-state index in [4.69, 9.17) is 17.3 Å². The Balaban J connectivity index is 1.89. The molecule has 2 aromatic heterocycles. The van der Waals surface area contributed by atoms with Gasteiger partial charge in [-0.15, -0.1) is 0 Å². The second-order valence-electron chi connectivity index (χ2n) is 8.04. The number of benzene rings is 1. The van der Waals surface area contributed by atoms with E-state index in [2.05, 4.69) is 10.3 Å². The molecule has 1 fully saturated rings. The zero-order valence-electron chi connectivity index (χ0n) is 17.3. The van der Waals surface area contributed by atoms with E-state index in [1.165, 1.54) is 11.6 Å². The molecule has 1 aliphatic carbocycles. The van der Waals surface area contributed by atoms with Crippen molar-refractivity contribution in [1.29, 1.82) is 0 Å². The highest BCUT2D eigenvalue weighted by atomic mass is 35.5. The van der Waals surface area contributed by atoms with Gasteiger partial charge < -0.3 is 11.1 Å². The fraction of sp³-hybridized carbons (Fsp3) is 0.476. The van der Waals surface area contributed by atoms with Crippen LogP contribution >= 0.6 is 11.6 Å². The zero-order valence-corrected chi connectivity index (χ0v) is 18.0. The predicted molar refractivity (Wildman–Crippen MR) is 119 cm³/mol. The molecule has 2 atom stereocenters. The lowest BCUT2D eigenvalue weighted by molar-refractivity contribution is 0.523. The largest absolute Gasteiger partial charge is 0.351 e. The number of aromatic nitrogens is 4. The highest BCUT2D eigenvalue weighted by molar-refractivity contribution is 6.31. The topological polar surface area (TPSA) is 99.9 Å². The van der Waals surface area contributed by atoms with Gasteiger partial charge in [0.25, 0.3) is 5.56 Å². The van der Waals surface area contributed by atoms with Gasteiger partial charge in [0.05, 0.1) is 6.54 Å². The molecule has 0 bridgehead atoms. The second-order valence-corrected chi connectivity index (χ2v) is 8.45. The van der Waals surface area contributed by atoms with Gasteiger partial charge in [-0.2, -0.15) is 4.98 Å². The summed E-state index contributed by atoms with van der Waals surface area (Å²) >= 11 is 6.40. The molecule has 160 valence electrons. The predicted octanol–water partition coefficient (Wildman–Crippen LogP) is 2.21. The molecule has 0 spiro atoms. The lowest BCUT2D eigenvalue weighted by atomic mass is 10.0. The molecule has 0 unspecified atom stereocenters. The minimum absolute atomic E-state index is 0.00716. The average Bonchev–Trinajstić information content (AvgIpc) is 2.95. The van der Waals surface area contributed by atoms with Crippen LogP contribution in [0.5, 0.6) is 0 Å². The van der Waals surface area contributed by atoms with Crippen molar-refractivity contribution in [3.05, 3.63) is 55.7 Å². The van der Waals surface area contributed by atoms with Gasteiger partial charge >= 0.3 is 5.69 Å². The van der Waals surface area contributed by atoms with Gasteiger partial charge in [0.15, 0.2) is 11.2 Å². The lowest BCUT2D eigenvalue weighted by Crippen LogP contribution is -2.40. The lowest BCUT2D eigenvalue weighted by Gasteiger charge is -2.23. The number of anilines is 1. The Hall–Kier alpha value is -2.58. The van der Waals surface area contributed by atoms with E-state index < -0.39 is 5.69 Å². The number of nitrogens with zero attached hydrogens (tertiary/aromatic N) is 4. The molecule has 0 saturated heterocycles. The van der Waals surface area contributed by atoms with Gasteiger partial charge in [-0.05, 0) is 24.5 Å². The van der Waals surface area contributed by atoms with Gasteiger partial charge in [0.2, 0.25) is 5.95 Å². The quantitative estimate of drug-likeness (QED) is 0.618. The molecule has 4 rings (SSSR count). The van der Waals surface area contributed by atoms with E-state index in [9.17, 15) is 9.59 Å². The maximum atomic E-state index is 13.0. The number of nitrogens with one attached hydrogen (secondary N) is 1. The molecular weight excluding hydrogens is 404 g/mol. The first-order chi connectivity index (χ1) is 14.4. The molecule has 1 saturated carbocycles. The minimum Gasteiger partial charge on any atom is -0.351 e. The Labute approximate surface area is 179 Å². The van der Waals surface area contributed by atoms with Crippen molar-refractivity contribution in [2.45, 2.75) is 50.7 Å². The van der Waals surface area contributed by atoms with E-state index in [-0.39, 0.29) is 17.6 Å². The van der Waals surface area contributed by atoms with Crippen LogP contribution in [0.2, 0.25) is 5.02 Å². The van der Waals surface area contributed by atoms with Crippen LogP contribution in [0, 0.1) is 0 Å². The van der Waals surface area contributed by atoms with Crippen molar-refractivity contribution in [2.75, 3.05) is 5.32 Å². The number of halogens is 1. The summed E-state index contributed by atoms with van der Waals surface area (Å²) in [6.07, 6.45) is 5.26. The third kappa shape index (κ3) is 3.65. The number of nitrogens with two attached hydrogens (primary N) is 1.